The largest absolute Gasteiger partial charge is 0.289 e. The third-order valence-corrected chi connectivity index (χ3v) is 4.75. The Kier molecular flexibility index (Phi) is 4.67. The smallest absolute Gasteiger partial charge is 0.193 e. The number of halogens is 1. The average Bonchev–Trinajstić information content (AvgIpc) is 2.49. The van der Waals surface area contributed by atoms with E-state index in [4.69, 9.17) is 0 Å². The van der Waals surface area contributed by atoms with Gasteiger partial charge in [0.25, 0.3) is 0 Å². The summed E-state index contributed by atoms with van der Waals surface area (Å²) in [5, 5.41) is 0. The van der Waals surface area contributed by atoms with Gasteiger partial charge in [-0.1, -0.05) is 67.0 Å². The molecule has 0 unspecified atom stereocenters. The molecule has 0 saturated carbocycles. The number of carbonyl (C=O) groups is 1. The number of aryl methyl sites for hydroxylation is 1. The molecular formula is C19H21BrO. The van der Waals surface area contributed by atoms with Gasteiger partial charge in [0.1, 0.15) is 0 Å². The maximum Gasteiger partial charge on any atom is 0.193 e. The number of carbonyl (C=O) groups excluding carboxylic acids is 1. The Bertz CT molecular complexity index is 654. The van der Waals surface area contributed by atoms with Crippen molar-refractivity contribution in [2.24, 2.45) is 0 Å². The molecule has 0 amide bonds. The van der Waals surface area contributed by atoms with E-state index >= 15 is 0 Å². The predicted molar refractivity (Wildman–Crippen MR) is 92.1 cm³/mol. The van der Waals surface area contributed by atoms with Crippen LogP contribution in [0.2, 0.25) is 0 Å². The van der Waals surface area contributed by atoms with E-state index in [0.29, 0.717) is 0 Å². The van der Waals surface area contributed by atoms with Crippen LogP contribution in [-0.4, -0.2) is 5.78 Å². The standard InChI is InChI=1S/C19H21BrO/c1-5-19(3,4)15-9-7-14(8-10-15)18(21)17-12-16(20)11-6-13(17)2/h6-12H,5H2,1-4H3. The van der Waals surface area contributed by atoms with Gasteiger partial charge in [0.15, 0.2) is 5.78 Å². The second-order valence-electron chi connectivity index (χ2n) is 6.10. The van der Waals surface area contributed by atoms with Crippen LogP contribution in [0, 0.1) is 6.92 Å². The SMILES string of the molecule is CCC(C)(C)c1ccc(C(=O)c2cc(Br)ccc2C)cc1. The summed E-state index contributed by atoms with van der Waals surface area (Å²) in [5.74, 6) is 0.0784. The van der Waals surface area contributed by atoms with Crippen LogP contribution in [0.3, 0.4) is 0 Å². The molecule has 0 aliphatic rings. The van der Waals surface area contributed by atoms with Gasteiger partial charge in [-0.05, 0) is 42.0 Å². The first kappa shape index (κ1) is 16.0. The van der Waals surface area contributed by atoms with Crippen LogP contribution in [0.25, 0.3) is 0 Å². The predicted octanol–water partition coefficient (Wildman–Crippen LogP) is 5.68. The number of rotatable bonds is 4. The van der Waals surface area contributed by atoms with Crippen LogP contribution in [0.5, 0.6) is 0 Å². The lowest BCUT2D eigenvalue weighted by atomic mass is 9.82. The van der Waals surface area contributed by atoms with Gasteiger partial charge in [-0.25, -0.2) is 0 Å². The maximum absolute atomic E-state index is 12.6. The molecule has 0 saturated heterocycles. The third kappa shape index (κ3) is 3.44. The van der Waals surface area contributed by atoms with Crippen molar-refractivity contribution in [1.82, 2.24) is 0 Å². The molecule has 0 aliphatic heterocycles. The Balaban J connectivity index is 2.35. The van der Waals surface area contributed by atoms with Gasteiger partial charge in [-0.2, -0.15) is 0 Å². The molecule has 0 N–H and O–H groups in total. The summed E-state index contributed by atoms with van der Waals surface area (Å²) in [5.41, 5.74) is 3.92. The van der Waals surface area contributed by atoms with E-state index in [9.17, 15) is 4.79 Å². The van der Waals surface area contributed by atoms with Gasteiger partial charge in [0.05, 0.1) is 0 Å². The molecule has 0 aliphatic carbocycles. The molecule has 2 rings (SSSR count). The van der Waals surface area contributed by atoms with E-state index in [0.717, 1.165) is 27.6 Å². The third-order valence-electron chi connectivity index (χ3n) is 4.26. The van der Waals surface area contributed by atoms with Gasteiger partial charge in [0.2, 0.25) is 0 Å². The van der Waals surface area contributed by atoms with Crippen molar-refractivity contribution >= 4 is 21.7 Å². The molecule has 0 heterocycles. The van der Waals surface area contributed by atoms with Crippen LogP contribution in [0.4, 0.5) is 0 Å². The maximum atomic E-state index is 12.6. The summed E-state index contributed by atoms with van der Waals surface area (Å²) < 4.78 is 0.931. The Morgan fingerprint density at radius 1 is 1.10 bits per heavy atom. The van der Waals surface area contributed by atoms with Crippen molar-refractivity contribution in [2.75, 3.05) is 0 Å². The molecule has 1 nitrogen and oxygen atoms in total. The van der Waals surface area contributed by atoms with Gasteiger partial charge >= 0.3 is 0 Å². The summed E-state index contributed by atoms with van der Waals surface area (Å²) in [6.07, 6.45) is 1.07. The van der Waals surface area contributed by atoms with Crippen LogP contribution in [-0.2, 0) is 5.41 Å². The Hall–Kier alpha value is -1.41. The second kappa shape index (κ2) is 6.15. The van der Waals surface area contributed by atoms with Crippen molar-refractivity contribution in [3.63, 3.8) is 0 Å². The van der Waals surface area contributed by atoms with E-state index in [-0.39, 0.29) is 11.2 Å². The summed E-state index contributed by atoms with van der Waals surface area (Å²) in [4.78, 5) is 12.6. The Morgan fingerprint density at radius 3 is 2.29 bits per heavy atom. The van der Waals surface area contributed by atoms with Crippen LogP contribution < -0.4 is 0 Å². The molecule has 0 spiro atoms. The van der Waals surface area contributed by atoms with Gasteiger partial charge in [-0.15, -0.1) is 0 Å². The van der Waals surface area contributed by atoms with Crippen LogP contribution in [0.15, 0.2) is 46.9 Å². The molecule has 0 radical (unpaired) electrons. The molecule has 2 heteroatoms. The molecule has 0 atom stereocenters. The van der Waals surface area contributed by atoms with Crippen molar-refractivity contribution in [2.45, 2.75) is 39.5 Å². The highest BCUT2D eigenvalue weighted by atomic mass is 79.9. The molecule has 2 aromatic rings. The highest BCUT2D eigenvalue weighted by Crippen LogP contribution is 2.27. The molecule has 0 fully saturated rings. The van der Waals surface area contributed by atoms with Crippen molar-refractivity contribution in [3.05, 3.63) is 69.2 Å². The van der Waals surface area contributed by atoms with E-state index in [1.54, 1.807) is 0 Å². The lowest BCUT2D eigenvalue weighted by Gasteiger charge is -2.23. The molecule has 0 aromatic heterocycles. The summed E-state index contributed by atoms with van der Waals surface area (Å²) in [6, 6.07) is 13.8. The van der Waals surface area contributed by atoms with E-state index in [1.807, 2.05) is 37.3 Å². The minimum Gasteiger partial charge on any atom is -0.289 e. The molecule has 110 valence electrons. The van der Waals surface area contributed by atoms with Crippen molar-refractivity contribution in [3.8, 4) is 0 Å². The fourth-order valence-corrected chi connectivity index (χ4v) is 2.63. The fourth-order valence-electron chi connectivity index (χ4n) is 2.27. The highest BCUT2D eigenvalue weighted by molar-refractivity contribution is 9.10. The zero-order chi connectivity index (χ0) is 15.6. The number of benzene rings is 2. The Morgan fingerprint density at radius 2 is 1.71 bits per heavy atom. The minimum absolute atomic E-state index is 0.0784. The summed E-state index contributed by atoms with van der Waals surface area (Å²) in [6.45, 7) is 8.60. The first-order chi connectivity index (χ1) is 9.85. The zero-order valence-corrected chi connectivity index (χ0v) is 14.6. The molecule has 0 bridgehead atoms. The number of ketones is 1. The molecule has 2 aromatic carbocycles. The van der Waals surface area contributed by atoms with Crippen molar-refractivity contribution in [1.29, 1.82) is 0 Å². The van der Waals surface area contributed by atoms with Gasteiger partial charge in [-0.3, -0.25) is 4.79 Å². The first-order valence-electron chi connectivity index (χ1n) is 7.26. The topological polar surface area (TPSA) is 17.1 Å². The van der Waals surface area contributed by atoms with Gasteiger partial charge < -0.3 is 0 Å². The Labute approximate surface area is 135 Å². The highest BCUT2D eigenvalue weighted by Gasteiger charge is 2.19. The number of hydrogen-bond donors (Lipinski definition) is 0. The first-order valence-corrected chi connectivity index (χ1v) is 8.06. The van der Waals surface area contributed by atoms with Gasteiger partial charge in [0, 0.05) is 15.6 Å². The second-order valence-corrected chi connectivity index (χ2v) is 7.02. The van der Waals surface area contributed by atoms with Crippen LogP contribution in [0.1, 0.15) is 54.2 Å². The van der Waals surface area contributed by atoms with Crippen LogP contribution >= 0.6 is 15.9 Å². The minimum atomic E-state index is 0.0784. The molecule has 21 heavy (non-hydrogen) atoms. The van der Waals surface area contributed by atoms with E-state index < -0.39 is 0 Å². The quantitative estimate of drug-likeness (QED) is 0.652. The van der Waals surface area contributed by atoms with E-state index in [2.05, 4.69) is 48.8 Å². The average molecular weight is 345 g/mol. The monoisotopic (exact) mass is 344 g/mol. The molecular weight excluding hydrogens is 324 g/mol. The van der Waals surface area contributed by atoms with Crippen molar-refractivity contribution < 1.29 is 4.79 Å². The fraction of sp³-hybridized carbons (Fsp3) is 0.316. The number of hydrogen-bond acceptors (Lipinski definition) is 1. The lowest BCUT2D eigenvalue weighted by Crippen LogP contribution is -2.15. The summed E-state index contributed by atoms with van der Waals surface area (Å²) in [7, 11) is 0. The van der Waals surface area contributed by atoms with E-state index in [1.165, 1.54) is 5.56 Å². The normalized spacial score (nSPS) is 11.5. The summed E-state index contributed by atoms with van der Waals surface area (Å²) >= 11 is 3.43. The lowest BCUT2D eigenvalue weighted by molar-refractivity contribution is 0.103. The zero-order valence-electron chi connectivity index (χ0n) is 13.0.